The Labute approximate surface area is 131 Å². The highest BCUT2D eigenvalue weighted by molar-refractivity contribution is 7.89. The molecule has 118 valence electrons. The second-order valence-corrected chi connectivity index (χ2v) is 7.37. The van der Waals surface area contributed by atoms with Crippen molar-refractivity contribution in [2.45, 2.75) is 24.2 Å². The highest BCUT2D eigenvalue weighted by Crippen LogP contribution is 2.27. The number of nitrogens with one attached hydrogen (secondary N) is 2. The zero-order valence-corrected chi connectivity index (χ0v) is 13.6. The Hall–Kier alpha value is -0.820. The van der Waals surface area contributed by atoms with Crippen molar-refractivity contribution in [3.05, 3.63) is 23.2 Å². The van der Waals surface area contributed by atoms with Crippen LogP contribution < -0.4 is 14.8 Å². The summed E-state index contributed by atoms with van der Waals surface area (Å²) in [4.78, 5) is 0.121. The molecule has 1 aliphatic rings. The van der Waals surface area contributed by atoms with Crippen LogP contribution in [-0.4, -0.2) is 35.2 Å². The normalized spacial score (nSPS) is 19.4. The van der Waals surface area contributed by atoms with Gasteiger partial charge in [0.25, 0.3) is 0 Å². The second kappa shape index (κ2) is 7.45. The number of hydrogen-bond acceptors (Lipinski definition) is 4. The number of ether oxygens (including phenoxy) is 1. The van der Waals surface area contributed by atoms with Crippen LogP contribution in [0.5, 0.6) is 5.75 Å². The third-order valence-electron chi connectivity index (χ3n) is 3.66. The first-order chi connectivity index (χ1) is 10.0. The van der Waals surface area contributed by atoms with Crippen molar-refractivity contribution < 1.29 is 13.2 Å². The molecule has 1 aromatic rings. The van der Waals surface area contributed by atoms with E-state index in [0.29, 0.717) is 17.5 Å². The van der Waals surface area contributed by atoms with E-state index in [-0.39, 0.29) is 10.6 Å². The van der Waals surface area contributed by atoms with Gasteiger partial charge in [-0.2, -0.15) is 0 Å². The number of hydrogen-bond donors (Lipinski definition) is 2. The van der Waals surface area contributed by atoms with Crippen LogP contribution in [0, 0.1) is 5.92 Å². The smallest absolute Gasteiger partial charge is 0.244 e. The molecule has 1 atom stereocenters. The number of piperidine rings is 1. The third-order valence-corrected chi connectivity index (χ3v) is 5.39. The Morgan fingerprint density at radius 2 is 2.29 bits per heavy atom. The molecule has 5 nitrogen and oxygen atoms in total. The van der Waals surface area contributed by atoms with E-state index < -0.39 is 10.0 Å². The minimum Gasteiger partial charge on any atom is -0.495 e. The molecule has 1 saturated heterocycles. The molecule has 0 aromatic heterocycles. The zero-order valence-electron chi connectivity index (χ0n) is 12.1. The molecular weight excluding hydrogens is 312 g/mol. The lowest BCUT2D eigenvalue weighted by molar-refractivity contribution is 0.358. The van der Waals surface area contributed by atoms with Crippen molar-refractivity contribution in [1.29, 1.82) is 0 Å². The van der Waals surface area contributed by atoms with E-state index >= 15 is 0 Å². The number of rotatable bonds is 6. The van der Waals surface area contributed by atoms with E-state index in [1.54, 1.807) is 6.07 Å². The van der Waals surface area contributed by atoms with E-state index in [1.165, 1.54) is 19.2 Å². The number of halogens is 1. The Morgan fingerprint density at radius 3 is 2.95 bits per heavy atom. The van der Waals surface area contributed by atoms with Crippen molar-refractivity contribution in [2.75, 3.05) is 26.7 Å². The van der Waals surface area contributed by atoms with Crippen LogP contribution >= 0.6 is 11.6 Å². The van der Waals surface area contributed by atoms with E-state index in [4.69, 9.17) is 16.3 Å². The molecule has 2 rings (SSSR count). The predicted octanol–water partition coefficient (Wildman–Crippen LogP) is 2.02. The summed E-state index contributed by atoms with van der Waals surface area (Å²) in [5.74, 6) is 0.794. The van der Waals surface area contributed by atoms with Gasteiger partial charge in [-0.1, -0.05) is 11.6 Å². The fourth-order valence-corrected chi connectivity index (χ4v) is 3.87. The van der Waals surface area contributed by atoms with Crippen molar-refractivity contribution >= 4 is 21.6 Å². The van der Waals surface area contributed by atoms with Crippen molar-refractivity contribution in [3.8, 4) is 5.75 Å². The van der Waals surface area contributed by atoms with Crippen molar-refractivity contribution in [1.82, 2.24) is 10.0 Å². The maximum Gasteiger partial charge on any atom is 0.244 e. The molecular formula is C14H21ClN2O3S. The Kier molecular flexibility index (Phi) is 5.87. The van der Waals surface area contributed by atoms with Gasteiger partial charge in [0, 0.05) is 17.6 Å². The van der Waals surface area contributed by atoms with Gasteiger partial charge in [-0.15, -0.1) is 0 Å². The molecule has 0 amide bonds. The molecule has 1 fully saturated rings. The maximum absolute atomic E-state index is 12.3. The lowest BCUT2D eigenvalue weighted by Gasteiger charge is -2.22. The summed E-state index contributed by atoms with van der Waals surface area (Å²) < 4.78 is 32.4. The second-order valence-electron chi connectivity index (χ2n) is 5.19. The zero-order chi connectivity index (χ0) is 15.3. The highest BCUT2D eigenvalue weighted by Gasteiger charge is 2.20. The summed E-state index contributed by atoms with van der Waals surface area (Å²) >= 11 is 5.85. The van der Waals surface area contributed by atoms with Gasteiger partial charge in [0.1, 0.15) is 10.6 Å². The topological polar surface area (TPSA) is 67.4 Å². The monoisotopic (exact) mass is 332 g/mol. The standard InChI is InChI=1S/C14H21ClN2O3S/c1-20-13-9-12(15)4-5-14(13)21(18,19)17-8-6-11-3-2-7-16-10-11/h4-5,9,11,16-17H,2-3,6-8,10H2,1H3. The predicted molar refractivity (Wildman–Crippen MR) is 83.4 cm³/mol. The fourth-order valence-electron chi connectivity index (χ4n) is 2.51. The average Bonchev–Trinajstić information content (AvgIpc) is 2.47. The van der Waals surface area contributed by atoms with Crippen molar-refractivity contribution in [3.63, 3.8) is 0 Å². The Morgan fingerprint density at radius 1 is 1.48 bits per heavy atom. The summed E-state index contributed by atoms with van der Waals surface area (Å²) in [5, 5.41) is 3.77. The molecule has 0 spiro atoms. The van der Waals surface area contributed by atoms with E-state index in [0.717, 1.165) is 32.4 Å². The lowest BCUT2D eigenvalue weighted by atomic mass is 9.96. The minimum absolute atomic E-state index is 0.121. The lowest BCUT2D eigenvalue weighted by Crippen LogP contribution is -2.33. The first-order valence-corrected chi connectivity index (χ1v) is 8.93. The van der Waals surface area contributed by atoms with Crippen LogP contribution in [0.4, 0.5) is 0 Å². The average molecular weight is 333 g/mol. The summed E-state index contributed by atoms with van der Waals surface area (Å²) in [6.45, 7) is 2.46. The molecule has 0 bridgehead atoms. The van der Waals surface area contributed by atoms with Crippen LogP contribution in [0.3, 0.4) is 0 Å². The summed E-state index contributed by atoms with van der Waals surface area (Å²) in [6.07, 6.45) is 3.14. The van der Waals surface area contributed by atoms with Crippen LogP contribution in [0.15, 0.2) is 23.1 Å². The van der Waals surface area contributed by atoms with Gasteiger partial charge in [0.05, 0.1) is 7.11 Å². The summed E-state index contributed by atoms with van der Waals surface area (Å²) in [7, 11) is -2.15. The summed E-state index contributed by atoms with van der Waals surface area (Å²) in [5.41, 5.74) is 0. The van der Waals surface area contributed by atoms with Crippen LogP contribution in [0.2, 0.25) is 5.02 Å². The first-order valence-electron chi connectivity index (χ1n) is 7.07. The molecule has 0 saturated carbocycles. The number of sulfonamides is 1. The largest absolute Gasteiger partial charge is 0.495 e. The van der Waals surface area contributed by atoms with Crippen molar-refractivity contribution in [2.24, 2.45) is 5.92 Å². The molecule has 21 heavy (non-hydrogen) atoms. The van der Waals surface area contributed by atoms with Gasteiger partial charge in [-0.25, -0.2) is 13.1 Å². The van der Waals surface area contributed by atoms with E-state index in [2.05, 4.69) is 10.0 Å². The van der Waals surface area contributed by atoms with Gasteiger partial charge in [-0.05, 0) is 50.4 Å². The molecule has 0 radical (unpaired) electrons. The molecule has 1 aliphatic heterocycles. The SMILES string of the molecule is COc1cc(Cl)ccc1S(=O)(=O)NCCC1CCCNC1. The van der Waals surface area contributed by atoms with Crippen LogP contribution in [0.1, 0.15) is 19.3 Å². The highest BCUT2D eigenvalue weighted by atomic mass is 35.5. The van der Waals surface area contributed by atoms with Crippen LogP contribution in [0.25, 0.3) is 0 Å². The molecule has 1 unspecified atom stereocenters. The van der Waals surface area contributed by atoms with E-state index in [9.17, 15) is 8.42 Å². The number of methoxy groups -OCH3 is 1. The quantitative estimate of drug-likeness (QED) is 0.836. The Bertz CT molecular complexity index is 572. The van der Waals surface area contributed by atoms with Gasteiger partial charge in [-0.3, -0.25) is 0 Å². The van der Waals surface area contributed by atoms with Gasteiger partial charge >= 0.3 is 0 Å². The van der Waals surface area contributed by atoms with E-state index in [1.807, 2.05) is 0 Å². The minimum atomic E-state index is -3.57. The van der Waals surface area contributed by atoms with Crippen LogP contribution in [-0.2, 0) is 10.0 Å². The molecule has 1 heterocycles. The third kappa shape index (κ3) is 4.57. The molecule has 1 aromatic carbocycles. The van der Waals surface area contributed by atoms with Gasteiger partial charge in [0.15, 0.2) is 0 Å². The molecule has 0 aliphatic carbocycles. The summed E-state index contributed by atoms with van der Waals surface area (Å²) in [6, 6.07) is 4.51. The van der Waals surface area contributed by atoms with Gasteiger partial charge < -0.3 is 10.1 Å². The van der Waals surface area contributed by atoms with Gasteiger partial charge in [0.2, 0.25) is 10.0 Å². The number of benzene rings is 1. The fraction of sp³-hybridized carbons (Fsp3) is 0.571. The molecule has 7 heteroatoms. The maximum atomic E-state index is 12.3. The molecule has 2 N–H and O–H groups in total. The Balaban J connectivity index is 1.98. The first kappa shape index (κ1) is 16.5.